The Bertz CT molecular complexity index is 1650. The van der Waals surface area contributed by atoms with Gasteiger partial charge in [0.1, 0.15) is 42.3 Å². The van der Waals surface area contributed by atoms with Crippen molar-refractivity contribution in [2.45, 2.75) is 134 Å². The molecule has 15 N–H and O–H groups in total. The van der Waals surface area contributed by atoms with Crippen molar-refractivity contribution in [2.75, 3.05) is 25.1 Å². The van der Waals surface area contributed by atoms with E-state index in [0.717, 1.165) is 4.90 Å². The van der Waals surface area contributed by atoms with Crippen molar-refractivity contribution >= 4 is 77.0 Å². The topological polar surface area (TPSA) is 397 Å². The summed E-state index contributed by atoms with van der Waals surface area (Å²) in [6, 6.07) is -10.7. The van der Waals surface area contributed by atoms with Gasteiger partial charge in [0.15, 0.2) is 5.96 Å². The molecule has 0 bridgehead atoms. The van der Waals surface area contributed by atoms with Gasteiger partial charge in [-0.25, -0.2) is 4.79 Å². The summed E-state index contributed by atoms with van der Waals surface area (Å²) in [6.45, 7) is 6.15. The molecule has 0 aromatic heterocycles. The maximum atomic E-state index is 13.7. The van der Waals surface area contributed by atoms with Gasteiger partial charge in [0.05, 0.1) is 12.5 Å². The first-order valence-corrected chi connectivity index (χ1v) is 21.5. The number of hydrogen-bond acceptors (Lipinski definition) is 13. The molecule has 1 saturated heterocycles. The van der Waals surface area contributed by atoms with Crippen LogP contribution in [-0.4, -0.2) is 159 Å². The van der Waals surface area contributed by atoms with Crippen LogP contribution in [0.1, 0.15) is 85.5 Å². The van der Waals surface area contributed by atoms with Gasteiger partial charge in [0.2, 0.25) is 41.4 Å². The molecule has 62 heavy (non-hydrogen) atoms. The van der Waals surface area contributed by atoms with E-state index >= 15 is 0 Å². The van der Waals surface area contributed by atoms with Crippen LogP contribution in [0.4, 0.5) is 0 Å². The lowest BCUT2D eigenvalue weighted by Gasteiger charge is -2.30. The molecule has 7 amide bonds. The highest BCUT2D eigenvalue weighted by Crippen LogP contribution is 2.20. The number of nitrogens with two attached hydrogens (primary N) is 3. The van der Waals surface area contributed by atoms with E-state index < -0.39 is 127 Å². The second-order valence-corrected chi connectivity index (χ2v) is 16.2. The first-order chi connectivity index (χ1) is 29.0. The second kappa shape index (κ2) is 27.3. The number of likely N-dealkylation sites (tertiary alicyclic amines) is 1. The van der Waals surface area contributed by atoms with Crippen LogP contribution in [0.5, 0.6) is 0 Å². The smallest absolute Gasteiger partial charge is 0.326 e. The van der Waals surface area contributed by atoms with E-state index in [-0.39, 0.29) is 50.7 Å². The van der Waals surface area contributed by atoms with Gasteiger partial charge in [-0.3, -0.25) is 48.1 Å². The molecular formula is C37H63N11O13S. The van der Waals surface area contributed by atoms with Crippen LogP contribution in [0, 0.1) is 5.92 Å². The number of aliphatic carboxylic acids is 3. The molecule has 0 radical (unpaired) electrons. The first-order valence-electron chi connectivity index (χ1n) is 20.1. The number of guanidine groups is 1. The first kappa shape index (κ1) is 54.3. The van der Waals surface area contributed by atoms with Crippen LogP contribution in [-0.2, 0) is 47.9 Å². The minimum absolute atomic E-state index is 0.0265. The van der Waals surface area contributed by atoms with Crippen molar-refractivity contribution in [3.05, 3.63) is 0 Å². The molecule has 1 aliphatic rings. The van der Waals surface area contributed by atoms with Gasteiger partial charge >= 0.3 is 17.9 Å². The monoisotopic (exact) mass is 901 g/mol. The lowest BCUT2D eigenvalue weighted by Crippen LogP contribution is -2.59. The van der Waals surface area contributed by atoms with Crippen molar-refractivity contribution in [1.82, 2.24) is 36.8 Å². The summed E-state index contributed by atoms with van der Waals surface area (Å²) in [4.78, 5) is 133. The fraction of sp³-hybridized carbons (Fsp3) is 0.703. The molecule has 0 aromatic carbocycles. The maximum Gasteiger partial charge on any atom is 0.326 e. The summed E-state index contributed by atoms with van der Waals surface area (Å²) in [5, 5.41) is 42.9. The average Bonchev–Trinajstić information content (AvgIpc) is 3.68. The minimum atomic E-state index is -1.80. The maximum absolute atomic E-state index is 13.7. The van der Waals surface area contributed by atoms with E-state index in [4.69, 9.17) is 17.2 Å². The van der Waals surface area contributed by atoms with Crippen LogP contribution < -0.4 is 49.1 Å². The van der Waals surface area contributed by atoms with Gasteiger partial charge in [-0.2, -0.15) is 11.8 Å². The number of amides is 7. The van der Waals surface area contributed by atoms with Gasteiger partial charge in [-0.15, -0.1) is 0 Å². The molecule has 1 aliphatic heterocycles. The number of carbonyl (C=O) groups is 10. The molecule has 350 valence electrons. The summed E-state index contributed by atoms with van der Waals surface area (Å²) in [6.07, 6.45) is 0.850. The second-order valence-electron chi connectivity index (χ2n) is 15.2. The number of rotatable bonds is 28. The SMILES string of the molecule is CSCC[C@H](N)C(=O)N[C@@H](CCCN=C(N)N)C(=O)N[C@@H](C)C(=O)N[C@@H](C)C(=O)N[C@@H](CCC(=O)O)C(=O)N[C@@H](CC(=O)O)C(=O)N1CCC[C@H]1C(=O)N[C@@H](CC(C)C)C(=O)O. The van der Waals surface area contributed by atoms with Crippen LogP contribution >= 0.6 is 11.8 Å². The van der Waals surface area contributed by atoms with Gasteiger partial charge in [-0.1, -0.05) is 13.8 Å². The highest BCUT2D eigenvalue weighted by Gasteiger charge is 2.40. The highest BCUT2D eigenvalue weighted by molar-refractivity contribution is 7.98. The molecule has 1 rings (SSSR count). The van der Waals surface area contributed by atoms with E-state index in [2.05, 4.69) is 36.9 Å². The summed E-state index contributed by atoms with van der Waals surface area (Å²) >= 11 is 1.48. The number of carboxylic acid groups (broad SMARTS) is 3. The largest absolute Gasteiger partial charge is 0.481 e. The number of nitrogens with one attached hydrogen (secondary N) is 6. The normalized spacial score (nSPS) is 16.8. The van der Waals surface area contributed by atoms with E-state index in [9.17, 15) is 63.3 Å². The Morgan fingerprint density at radius 2 is 1.26 bits per heavy atom. The predicted molar refractivity (Wildman–Crippen MR) is 225 cm³/mol. The Morgan fingerprint density at radius 1 is 0.710 bits per heavy atom. The molecule has 0 saturated carbocycles. The molecule has 1 heterocycles. The van der Waals surface area contributed by atoms with Gasteiger partial charge < -0.3 is 69.3 Å². The average molecular weight is 902 g/mol. The minimum Gasteiger partial charge on any atom is -0.481 e. The van der Waals surface area contributed by atoms with Crippen LogP contribution in [0.25, 0.3) is 0 Å². The third kappa shape index (κ3) is 19.8. The Morgan fingerprint density at radius 3 is 1.81 bits per heavy atom. The van der Waals surface area contributed by atoms with Crippen LogP contribution in [0.2, 0.25) is 0 Å². The van der Waals surface area contributed by atoms with Gasteiger partial charge in [0.25, 0.3) is 0 Å². The number of aliphatic imine (C=N–C) groups is 1. The van der Waals surface area contributed by atoms with Crippen molar-refractivity contribution < 1.29 is 63.3 Å². The van der Waals surface area contributed by atoms with Crippen molar-refractivity contribution in [3.63, 3.8) is 0 Å². The number of thioether (sulfide) groups is 1. The van der Waals surface area contributed by atoms with E-state index in [1.54, 1.807) is 13.8 Å². The third-order valence-electron chi connectivity index (χ3n) is 9.49. The zero-order valence-electron chi connectivity index (χ0n) is 35.6. The molecule has 1 fully saturated rings. The van der Waals surface area contributed by atoms with Crippen LogP contribution in [0.15, 0.2) is 4.99 Å². The quantitative estimate of drug-likeness (QED) is 0.0206. The molecule has 8 atom stereocenters. The molecule has 0 unspecified atom stereocenters. The highest BCUT2D eigenvalue weighted by atomic mass is 32.2. The fourth-order valence-electron chi connectivity index (χ4n) is 6.15. The van der Waals surface area contributed by atoms with E-state index in [0.29, 0.717) is 18.6 Å². The molecule has 0 spiro atoms. The lowest BCUT2D eigenvalue weighted by molar-refractivity contribution is -0.147. The van der Waals surface area contributed by atoms with Gasteiger partial charge in [-0.05, 0) is 76.7 Å². The van der Waals surface area contributed by atoms with Gasteiger partial charge in [0, 0.05) is 19.5 Å². The number of carbonyl (C=O) groups excluding carboxylic acids is 7. The van der Waals surface area contributed by atoms with Crippen LogP contribution in [0.3, 0.4) is 0 Å². The fourth-order valence-corrected chi connectivity index (χ4v) is 6.64. The summed E-state index contributed by atoms with van der Waals surface area (Å²) in [5.74, 6) is -10.00. The molecule has 0 aromatic rings. The summed E-state index contributed by atoms with van der Waals surface area (Å²) < 4.78 is 0. The summed E-state index contributed by atoms with van der Waals surface area (Å²) in [5.41, 5.74) is 16.7. The number of carboxylic acids is 3. The van der Waals surface area contributed by atoms with E-state index in [1.165, 1.54) is 25.6 Å². The van der Waals surface area contributed by atoms with Crippen molar-refractivity contribution in [1.29, 1.82) is 0 Å². The Kier molecular flexibility index (Phi) is 23.9. The Balaban J connectivity index is 3.12. The summed E-state index contributed by atoms with van der Waals surface area (Å²) in [7, 11) is 0. The Hall–Kier alpha value is -5.72. The number of hydrogen-bond donors (Lipinski definition) is 12. The lowest BCUT2D eigenvalue weighted by atomic mass is 10.0. The molecule has 25 heteroatoms. The molecule has 0 aliphatic carbocycles. The standard InChI is InChI=1S/C37H63N11O13S/c1-18(2)16-25(36(60)61)47-34(58)26-9-7-14-48(26)35(59)24(17-28(51)52)46-33(57)23(10-11-27(49)50)44-30(54)20(4)42-29(53)19(3)43-32(56)22(8-6-13-41-37(39)40)45-31(55)21(38)12-15-62-5/h18-26H,6-17,38H2,1-5H3,(H,42,53)(H,43,56)(H,44,54)(H,45,55)(H,46,57)(H,47,58)(H,49,50)(H,51,52)(H,60,61)(H4,39,40,41)/t19-,20-,21-,22-,23-,24-,25-,26-/m0/s1. The molecule has 24 nitrogen and oxygen atoms in total. The predicted octanol–water partition coefficient (Wildman–Crippen LogP) is -3.47. The Labute approximate surface area is 363 Å². The molecular weight excluding hydrogens is 839 g/mol. The van der Waals surface area contributed by atoms with Crippen molar-refractivity contribution in [3.8, 4) is 0 Å². The number of nitrogens with zero attached hydrogens (tertiary/aromatic N) is 2. The zero-order valence-corrected chi connectivity index (χ0v) is 36.5. The van der Waals surface area contributed by atoms with E-state index in [1.807, 2.05) is 6.26 Å². The van der Waals surface area contributed by atoms with Crippen molar-refractivity contribution in [2.24, 2.45) is 28.1 Å². The third-order valence-corrected chi connectivity index (χ3v) is 10.1. The zero-order chi connectivity index (χ0) is 47.3.